The third-order valence-corrected chi connectivity index (χ3v) is 3.82. The van der Waals surface area contributed by atoms with Gasteiger partial charge in [-0.05, 0) is 25.1 Å². The van der Waals surface area contributed by atoms with Crippen molar-refractivity contribution in [2.24, 2.45) is 0 Å². The molecule has 1 N–H and O–H groups in total. The molecule has 2 aromatic carbocycles. The van der Waals surface area contributed by atoms with E-state index in [0.717, 1.165) is 17.7 Å². The van der Waals surface area contributed by atoms with Crippen LogP contribution in [0.25, 0.3) is 21.8 Å². The van der Waals surface area contributed by atoms with Crippen LogP contribution in [0.5, 0.6) is 5.75 Å². The lowest BCUT2D eigenvalue weighted by Crippen LogP contribution is -1.98. The normalized spacial score (nSPS) is 11.3. The van der Waals surface area contributed by atoms with Crippen molar-refractivity contribution in [2.45, 2.75) is 20.1 Å². The van der Waals surface area contributed by atoms with Gasteiger partial charge in [-0.25, -0.2) is 0 Å². The van der Waals surface area contributed by atoms with Crippen molar-refractivity contribution in [3.63, 3.8) is 0 Å². The van der Waals surface area contributed by atoms with Gasteiger partial charge in [-0.1, -0.05) is 29.5 Å². The molecule has 0 aliphatic rings. The van der Waals surface area contributed by atoms with Crippen molar-refractivity contribution < 1.29 is 4.74 Å². The number of nitrogens with zero attached hydrogens (tertiary/aromatic N) is 4. The molecule has 0 saturated heterocycles. The molecule has 0 aliphatic carbocycles. The molecule has 0 atom stereocenters. The quantitative estimate of drug-likeness (QED) is 0.628. The summed E-state index contributed by atoms with van der Waals surface area (Å²) in [5, 5.41) is 16.1. The Balaban J connectivity index is 1.88. The van der Waals surface area contributed by atoms with Gasteiger partial charge in [0.05, 0.1) is 5.52 Å². The zero-order valence-electron chi connectivity index (χ0n) is 12.2. The molecule has 0 fully saturated rings. The highest BCUT2D eigenvalue weighted by Crippen LogP contribution is 2.35. The molecule has 4 rings (SSSR count). The number of aromatic amines is 1. The number of rotatable bonds is 4. The molecule has 6 nitrogen and oxygen atoms in total. The van der Waals surface area contributed by atoms with E-state index >= 15 is 0 Å². The number of aryl methyl sites for hydroxylation is 1. The number of aromatic nitrogens is 5. The molecule has 0 aliphatic heterocycles. The SMILES string of the molecule is CCn1c2ccccc2c2c(OCc3nn[nH]n3)cccc21. The highest BCUT2D eigenvalue weighted by Gasteiger charge is 2.13. The maximum absolute atomic E-state index is 5.93. The third kappa shape index (κ3) is 1.92. The fourth-order valence-electron chi connectivity index (χ4n) is 2.91. The van der Waals surface area contributed by atoms with E-state index in [-0.39, 0.29) is 0 Å². The van der Waals surface area contributed by atoms with Gasteiger partial charge in [0.2, 0.25) is 5.82 Å². The maximum atomic E-state index is 5.93. The van der Waals surface area contributed by atoms with Crippen LogP contribution in [0, 0.1) is 0 Å². The van der Waals surface area contributed by atoms with Crippen molar-refractivity contribution >= 4 is 21.8 Å². The number of benzene rings is 2. The topological polar surface area (TPSA) is 68.6 Å². The molecular weight excluding hydrogens is 278 g/mol. The van der Waals surface area contributed by atoms with Crippen LogP contribution in [0.1, 0.15) is 12.7 Å². The lowest BCUT2D eigenvalue weighted by molar-refractivity contribution is 0.300. The molecule has 22 heavy (non-hydrogen) atoms. The fourth-order valence-corrected chi connectivity index (χ4v) is 2.91. The number of nitrogens with one attached hydrogen (secondary N) is 1. The van der Waals surface area contributed by atoms with Crippen molar-refractivity contribution in [3.05, 3.63) is 48.3 Å². The van der Waals surface area contributed by atoms with Crippen LogP contribution >= 0.6 is 0 Å². The van der Waals surface area contributed by atoms with E-state index < -0.39 is 0 Å². The Labute approximate surface area is 126 Å². The van der Waals surface area contributed by atoms with Gasteiger partial charge >= 0.3 is 0 Å². The van der Waals surface area contributed by atoms with E-state index in [0.29, 0.717) is 12.4 Å². The number of para-hydroxylation sites is 1. The van der Waals surface area contributed by atoms with Gasteiger partial charge < -0.3 is 9.30 Å². The number of fused-ring (bicyclic) bond motifs is 3. The predicted molar refractivity (Wildman–Crippen MR) is 83.6 cm³/mol. The fraction of sp³-hybridized carbons (Fsp3) is 0.188. The van der Waals surface area contributed by atoms with E-state index in [1.807, 2.05) is 12.1 Å². The Morgan fingerprint density at radius 1 is 1.09 bits per heavy atom. The Hall–Kier alpha value is -2.89. The van der Waals surface area contributed by atoms with Gasteiger partial charge in [-0.3, -0.25) is 0 Å². The van der Waals surface area contributed by atoms with Gasteiger partial charge in [-0.15, -0.1) is 10.2 Å². The Kier molecular flexibility index (Phi) is 3.00. The summed E-state index contributed by atoms with van der Waals surface area (Å²) in [6, 6.07) is 14.5. The van der Waals surface area contributed by atoms with Crippen LogP contribution in [0.15, 0.2) is 42.5 Å². The summed E-state index contributed by atoms with van der Waals surface area (Å²) in [5.41, 5.74) is 2.39. The monoisotopic (exact) mass is 293 g/mol. The molecule has 2 heterocycles. The summed E-state index contributed by atoms with van der Waals surface area (Å²) >= 11 is 0. The van der Waals surface area contributed by atoms with Crippen molar-refractivity contribution in [1.82, 2.24) is 25.2 Å². The van der Waals surface area contributed by atoms with Crippen molar-refractivity contribution in [2.75, 3.05) is 0 Å². The van der Waals surface area contributed by atoms with E-state index in [4.69, 9.17) is 4.74 Å². The molecule has 0 amide bonds. The molecule has 0 unspecified atom stereocenters. The van der Waals surface area contributed by atoms with Crippen LogP contribution in [-0.2, 0) is 13.2 Å². The summed E-state index contributed by atoms with van der Waals surface area (Å²) < 4.78 is 8.23. The van der Waals surface area contributed by atoms with Gasteiger partial charge in [0, 0.05) is 22.8 Å². The van der Waals surface area contributed by atoms with Crippen LogP contribution in [0.3, 0.4) is 0 Å². The zero-order valence-corrected chi connectivity index (χ0v) is 12.2. The first-order valence-electron chi connectivity index (χ1n) is 7.23. The average Bonchev–Trinajstić information content (AvgIpc) is 3.18. The molecule has 110 valence electrons. The Morgan fingerprint density at radius 3 is 2.77 bits per heavy atom. The predicted octanol–water partition coefficient (Wildman–Crippen LogP) is 2.91. The van der Waals surface area contributed by atoms with Crippen LogP contribution in [0.2, 0.25) is 0 Å². The van der Waals surface area contributed by atoms with Crippen LogP contribution in [-0.4, -0.2) is 25.2 Å². The molecule has 4 aromatic rings. The van der Waals surface area contributed by atoms with E-state index in [2.05, 4.69) is 62.4 Å². The lowest BCUT2D eigenvalue weighted by Gasteiger charge is -2.06. The average molecular weight is 293 g/mol. The highest BCUT2D eigenvalue weighted by atomic mass is 16.5. The number of hydrogen-bond donors (Lipinski definition) is 1. The van der Waals surface area contributed by atoms with Gasteiger partial charge in [0.25, 0.3) is 0 Å². The highest BCUT2D eigenvalue weighted by molar-refractivity contribution is 6.11. The number of hydrogen-bond acceptors (Lipinski definition) is 4. The van der Waals surface area contributed by atoms with E-state index in [1.54, 1.807) is 0 Å². The largest absolute Gasteiger partial charge is 0.485 e. The minimum absolute atomic E-state index is 0.293. The van der Waals surface area contributed by atoms with Gasteiger partial charge in [0.15, 0.2) is 6.61 Å². The Morgan fingerprint density at radius 2 is 1.95 bits per heavy atom. The molecular formula is C16H15N5O. The molecule has 6 heteroatoms. The summed E-state index contributed by atoms with van der Waals surface area (Å²) in [6.07, 6.45) is 0. The van der Waals surface area contributed by atoms with Gasteiger partial charge in [0.1, 0.15) is 5.75 Å². The minimum atomic E-state index is 0.293. The standard InChI is InChI=1S/C16H15N5O/c1-2-21-12-7-4-3-6-11(12)16-13(21)8-5-9-14(16)22-10-15-17-19-20-18-15/h3-9H,2,10H2,1H3,(H,17,18,19,20). The lowest BCUT2D eigenvalue weighted by atomic mass is 10.1. The third-order valence-electron chi connectivity index (χ3n) is 3.82. The molecule has 0 saturated carbocycles. The summed E-state index contributed by atoms with van der Waals surface area (Å²) in [6.45, 7) is 3.36. The van der Waals surface area contributed by atoms with Crippen LogP contribution < -0.4 is 4.74 Å². The van der Waals surface area contributed by atoms with E-state index in [9.17, 15) is 0 Å². The summed E-state index contributed by atoms with van der Waals surface area (Å²) in [4.78, 5) is 0. The Bertz CT molecular complexity index is 926. The zero-order chi connectivity index (χ0) is 14.9. The maximum Gasteiger partial charge on any atom is 0.211 e. The first-order chi connectivity index (χ1) is 10.9. The van der Waals surface area contributed by atoms with E-state index in [1.165, 1.54) is 16.4 Å². The molecule has 0 radical (unpaired) electrons. The van der Waals surface area contributed by atoms with Crippen LogP contribution in [0.4, 0.5) is 0 Å². The number of ether oxygens (including phenoxy) is 1. The van der Waals surface area contributed by atoms with Crippen molar-refractivity contribution in [3.8, 4) is 5.75 Å². The smallest absolute Gasteiger partial charge is 0.211 e. The number of tetrazole rings is 1. The second-order valence-electron chi connectivity index (χ2n) is 5.03. The second kappa shape index (κ2) is 5.14. The minimum Gasteiger partial charge on any atom is -0.485 e. The molecule has 2 aromatic heterocycles. The first kappa shape index (κ1) is 12.8. The first-order valence-corrected chi connectivity index (χ1v) is 7.23. The number of H-pyrrole nitrogens is 1. The summed E-state index contributed by atoms with van der Waals surface area (Å²) in [5.74, 6) is 1.38. The summed E-state index contributed by atoms with van der Waals surface area (Å²) in [7, 11) is 0. The van der Waals surface area contributed by atoms with Crippen molar-refractivity contribution in [1.29, 1.82) is 0 Å². The molecule has 0 spiro atoms. The second-order valence-corrected chi connectivity index (χ2v) is 5.03. The van der Waals surface area contributed by atoms with Gasteiger partial charge in [-0.2, -0.15) is 5.21 Å². The molecule has 0 bridgehead atoms.